The number of benzene rings is 1. The second-order valence-corrected chi connectivity index (χ2v) is 3.94. The Morgan fingerprint density at radius 2 is 2.15 bits per heavy atom. The van der Waals surface area contributed by atoms with Crippen LogP contribution < -0.4 is 5.32 Å². The van der Waals surface area contributed by atoms with Crippen molar-refractivity contribution in [2.24, 2.45) is 0 Å². The maximum absolute atomic E-state index is 5.29. The van der Waals surface area contributed by atoms with Crippen molar-refractivity contribution in [3.63, 3.8) is 0 Å². The smallest absolute Gasteiger partial charge is 0.106 e. The Morgan fingerprint density at radius 3 is 3.00 bits per heavy atom. The molecule has 0 bridgehead atoms. The van der Waals surface area contributed by atoms with E-state index in [4.69, 9.17) is 12.2 Å². The molecule has 1 nitrogen and oxygen atoms in total. The molecule has 1 aliphatic heterocycles. The Morgan fingerprint density at radius 1 is 1.38 bits per heavy atom. The molecule has 0 amide bonds. The molecule has 1 aliphatic rings. The summed E-state index contributed by atoms with van der Waals surface area (Å²) in [7, 11) is 0. The first-order valence-corrected chi connectivity index (χ1v) is 5.07. The monoisotopic (exact) mass is 191 g/mol. The summed E-state index contributed by atoms with van der Waals surface area (Å²) in [5, 5.41) is 3.26. The largest absolute Gasteiger partial charge is 0.376 e. The van der Waals surface area contributed by atoms with Gasteiger partial charge in [0.05, 0.1) is 0 Å². The fourth-order valence-corrected chi connectivity index (χ4v) is 2.07. The molecular formula is C11H13NS. The maximum atomic E-state index is 5.29. The van der Waals surface area contributed by atoms with Gasteiger partial charge in [0.15, 0.2) is 0 Å². The number of hydrogen-bond acceptors (Lipinski definition) is 1. The number of nitrogens with one attached hydrogen (secondary N) is 1. The Labute approximate surface area is 84.2 Å². The maximum Gasteiger partial charge on any atom is 0.106 e. The van der Waals surface area contributed by atoms with Gasteiger partial charge in [-0.05, 0) is 17.9 Å². The molecular weight excluding hydrogens is 178 g/mol. The van der Waals surface area contributed by atoms with E-state index >= 15 is 0 Å². The van der Waals surface area contributed by atoms with Gasteiger partial charge in [-0.3, -0.25) is 0 Å². The quantitative estimate of drug-likeness (QED) is 0.632. The van der Waals surface area contributed by atoms with Crippen molar-refractivity contribution in [2.75, 3.05) is 6.54 Å². The summed E-state index contributed by atoms with van der Waals surface area (Å²) in [6, 6.07) is 8.42. The number of thiocarbonyl (C=S) groups is 1. The summed E-state index contributed by atoms with van der Waals surface area (Å²) >= 11 is 5.29. The van der Waals surface area contributed by atoms with Gasteiger partial charge in [0.2, 0.25) is 0 Å². The third-order valence-corrected chi connectivity index (χ3v) is 2.96. The zero-order chi connectivity index (χ0) is 9.26. The van der Waals surface area contributed by atoms with Crippen LogP contribution in [0.15, 0.2) is 24.3 Å². The molecule has 1 heterocycles. The lowest BCUT2D eigenvalue weighted by atomic mass is 9.95. The third-order valence-electron chi connectivity index (χ3n) is 2.60. The molecule has 0 saturated carbocycles. The predicted molar refractivity (Wildman–Crippen MR) is 59.2 cm³/mol. The van der Waals surface area contributed by atoms with Gasteiger partial charge < -0.3 is 5.32 Å². The van der Waals surface area contributed by atoms with Crippen molar-refractivity contribution in [1.82, 2.24) is 5.32 Å². The Bertz CT molecular complexity index is 333. The van der Waals surface area contributed by atoms with Crippen molar-refractivity contribution < 1.29 is 0 Å². The van der Waals surface area contributed by atoms with Gasteiger partial charge in [0, 0.05) is 12.1 Å². The van der Waals surface area contributed by atoms with Gasteiger partial charge in [-0.2, -0.15) is 0 Å². The van der Waals surface area contributed by atoms with Gasteiger partial charge in [-0.15, -0.1) is 0 Å². The van der Waals surface area contributed by atoms with E-state index in [-0.39, 0.29) is 0 Å². The van der Waals surface area contributed by atoms with E-state index < -0.39 is 0 Å². The van der Waals surface area contributed by atoms with E-state index in [0.717, 1.165) is 18.0 Å². The highest BCUT2D eigenvalue weighted by atomic mass is 32.1. The molecule has 0 saturated heterocycles. The Kier molecular flexibility index (Phi) is 2.32. The molecule has 1 aromatic carbocycles. The SMILES string of the molecule is CC1CCNC(=S)c2ccccc21. The summed E-state index contributed by atoms with van der Waals surface area (Å²) in [5.41, 5.74) is 2.60. The molecule has 2 rings (SSSR count). The van der Waals surface area contributed by atoms with Crippen LogP contribution in [0, 0.1) is 0 Å². The van der Waals surface area contributed by atoms with Crippen LogP contribution in [0.2, 0.25) is 0 Å². The van der Waals surface area contributed by atoms with Gasteiger partial charge >= 0.3 is 0 Å². The van der Waals surface area contributed by atoms with E-state index in [1.54, 1.807) is 0 Å². The fourth-order valence-electron chi connectivity index (χ4n) is 1.79. The molecule has 0 aromatic heterocycles. The van der Waals surface area contributed by atoms with E-state index in [1.165, 1.54) is 11.1 Å². The summed E-state index contributed by atoms with van der Waals surface area (Å²) in [6.07, 6.45) is 1.16. The first-order chi connectivity index (χ1) is 6.29. The standard InChI is InChI=1S/C11H13NS/c1-8-6-7-12-11(13)10-5-3-2-4-9(8)10/h2-5,8H,6-7H2,1H3,(H,12,13). The Hall–Kier alpha value is -0.890. The lowest BCUT2D eigenvalue weighted by Crippen LogP contribution is -2.21. The van der Waals surface area contributed by atoms with Crippen molar-refractivity contribution in [2.45, 2.75) is 19.3 Å². The molecule has 1 unspecified atom stereocenters. The predicted octanol–water partition coefficient (Wildman–Crippen LogP) is 2.46. The zero-order valence-corrected chi connectivity index (χ0v) is 8.53. The summed E-state index contributed by atoms with van der Waals surface area (Å²) in [4.78, 5) is 0.903. The van der Waals surface area contributed by atoms with E-state index in [9.17, 15) is 0 Å². The van der Waals surface area contributed by atoms with Crippen molar-refractivity contribution in [1.29, 1.82) is 0 Å². The number of rotatable bonds is 0. The third kappa shape index (κ3) is 1.59. The molecule has 0 fully saturated rings. The second-order valence-electron chi connectivity index (χ2n) is 3.53. The van der Waals surface area contributed by atoms with E-state index in [1.807, 2.05) is 6.07 Å². The summed E-state index contributed by atoms with van der Waals surface area (Å²) < 4.78 is 0. The van der Waals surface area contributed by atoms with Crippen LogP contribution in [0.3, 0.4) is 0 Å². The highest BCUT2D eigenvalue weighted by Crippen LogP contribution is 2.24. The van der Waals surface area contributed by atoms with Crippen LogP contribution in [0.1, 0.15) is 30.4 Å². The first kappa shape index (κ1) is 8.70. The fraction of sp³-hybridized carbons (Fsp3) is 0.364. The lowest BCUT2D eigenvalue weighted by Gasteiger charge is -2.10. The van der Waals surface area contributed by atoms with Crippen molar-refractivity contribution in [3.05, 3.63) is 35.4 Å². The lowest BCUT2D eigenvalue weighted by molar-refractivity contribution is 0.676. The second kappa shape index (κ2) is 3.46. The molecule has 1 atom stereocenters. The Balaban J connectivity index is 2.51. The number of hydrogen-bond donors (Lipinski definition) is 1. The normalized spacial score (nSPS) is 21.6. The van der Waals surface area contributed by atoms with Crippen LogP contribution in [0.4, 0.5) is 0 Å². The number of fused-ring (bicyclic) bond motifs is 1. The minimum absolute atomic E-state index is 0.615. The molecule has 13 heavy (non-hydrogen) atoms. The zero-order valence-electron chi connectivity index (χ0n) is 7.71. The average Bonchev–Trinajstić information content (AvgIpc) is 2.29. The van der Waals surface area contributed by atoms with Crippen LogP contribution in [-0.2, 0) is 0 Å². The van der Waals surface area contributed by atoms with E-state index in [2.05, 4.69) is 30.4 Å². The van der Waals surface area contributed by atoms with Crippen LogP contribution >= 0.6 is 12.2 Å². The highest BCUT2D eigenvalue weighted by Gasteiger charge is 2.16. The van der Waals surface area contributed by atoms with Crippen molar-refractivity contribution >= 4 is 17.2 Å². The first-order valence-electron chi connectivity index (χ1n) is 4.66. The molecule has 68 valence electrons. The van der Waals surface area contributed by atoms with Gasteiger partial charge in [0.25, 0.3) is 0 Å². The molecule has 0 spiro atoms. The summed E-state index contributed by atoms with van der Waals surface area (Å²) in [5.74, 6) is 0.615. The van der Waals surface area contributed by atoms with Crippen LogP contribution in [0.25, 0.3) is 0 Å². The van der Waals surface area contributed by atoms with Gasteiger partial charge in [-0.1, -0.05) is 43.4 Å². The average molecular weight is 191 g/mol. The summed E-state index contributed by atoms with van der Waals surface area (Å²) in [6.45, 7) is 3.25. The van der Waals surface area contributed by atoms with Gasteiger partial charge in [-0.25, -0.2) is 0 Å². The van der Waals surface area contributed by atoms with Gasteiger partial charge in [0.1, 0.15) is 4.99 Å². The molecule has 1 aromatic rings. The molecule has 0 aliphatic carbocycles. The molecule has 2 heteroatoms. The van der Waals surface area contributed by atoms with E-state index in [0.29, 0.717) is 5.92 Å². The van der Waals surface area contributed by atoms with Crippen LogP contribution in [-0.4, -0.2) is 11.5 Å². The topological polar surface area (TPSA) is 12.0 Å². The highest BCUT2D eigenvalue weighted by molar-refractivity contribution is 7.80. The molecule has 0 radical (unpaired) electrons. The van der Waals surface area contributed by atoms with Crippen molar-refractivity contribution in [3.8, 4) is 0 Å². The minimum atomic E-state index is 0.615. The minimum Gasteiger partial charge on any atom is -0.376 e. The van der Waals surface area contributed by atoms with Crippen LogP contribution in [0.5, 0.6) is 0 Å². The molecule has 1 N–H and O–H groups in total.